The van der Waals surface area contributed by atoms with Gasteiger partial charge in [-0.3, -0.25) is 4.79 Å². The van der Waals surface area contributed by atoms with Crippen molar-refractivity contribution in [2.45, 2.75) is 12.8 Å². The number of carbonyl (C=O) groups is 1. The molecule has 2 heteroatoms. The molecule has 0 atom stereocenters. The predicted molar refractivity (Wildman–Crippen MR) is 105 cm³/mol. The zero-order chi connectivity index (χ0) is 18.2. The first-order valence-electron chi connectivity index (χ1n) is 8.42. The Bertz CT molecular complexity index is 1040. The number of ether oxygens (including phenoxy) is 1. The van der Waals surface area contributed by atoms with Crippen LogP contribution >= 0.6 is 0 Å². The number of ketones is 1. The summed E-state index contributed by atoms with van der Waals surface area (Å²) in [6.45, 7) is 0. The Morgan fingerprint density at radius 1 is 0.923 bits per heavy atom. The fourth-order valence-electron chi connectivity index (χ4n) is 2.61. The Labute approximate surface area is 153 Å². The monoisotopic (exact) mass is 338 g/mol. The van der Waals surface area contributed by atoms with Crippen molar-refractivity contribution in [3.63, 3.8) is 0 Å². The first-order chi connectivity index (χ1) is 12.8. The Balaban J connectivity index is 1.72. The van der Waals surface area contributed by atoms with Crippen LogP contribution in [0.1, 0.15) is 24.0 Å². The molecule has 0 aliphatic rings. The predicted octanol–water partition coefficient (Wildman–Crippen LogP) is 4.60. The smallest absolute Gasteiger partial charge is 0.206 e. The molecular formula is C24H18O2. The summed E-state index contributed by atoms with van der Waals surface area (Å²) in [7, 11) is 1.61. The summed E-state index contributed by atoms with van der Waals surface area (Å²) >= 11 is 0. The number of methoxy groups -OCH3 is 1. The summed E-state index contributed by atoms with van der Waals surface area (Å²) in [6.07, 6.45) is 0.814. The van der Waals surface area contributed by atoms with Gasteiger partial charge in [-0.1, -0.05) is 66.3 Å². The summed E-state index contributed by atoms with van der Waals surface area (Å²) in [6, 6.07) is 21.5. The van der Waals surface area contributed by atoms with E-state index in [0.29, 0.717) is 18.6 Å². The lowest BCUT2D eigenvalue weighted by Gasteiger charge is -2.06. The standard InChI is InChI=1S/C24H18O2/c1-26-24-18-15-20-12-6-8-14-22(20)23(24)17-16-21(25)13-7-5-11-19-9-3-2-4-10-19/h2-4,6,8-10,12,14-15,18H,7,13H2,1H3. The van der Waals surface area contributed by atoms with Crippen molar-refractivity contribution in [1.29, 1.82) is 0 Å². The van der Waals surface area contributed by atoms with Crippen molar-refractivity contribution >= 4 is 16.6 Å². The van der Waals surface area contributed by atoms with Crippen LogP contribution in [0.5, 0.6) is 5.75 Å². The highest BCUT2D eigenvalue weighted by Crippen LogP contribution is 2.26. The Morgan fingerprint density at radius 2 is 1.69 bits per heavy atom. The molecule has 0 radical (unpaired) electrons. The molecule has 0 unspecified atom stereocenters. The summed E-state index contributed by atoms with van der Waals surface area (Å²) in [5.74, 6) is 12.3. The molecular weight excluding hydrogens is 320 g/mol. The maximum absolute atomic E-state index is 12.1. The third-order valence-corrected chi connectivity index (χ3v) is 3.92. The first kappa shape index (κ1) is 17.3. The molecule has 0 fully saturated rings. The van der Waals surface area contributed by atoms with Gasteiger partial charge in [-0.2, -0.15) is 0 Å². The number of rotatable bonds is 3. The molecule has 0 aliphatic carbocycles. The quantitative estimate of drug-likeness (QED) is 0.652. The molecule has 0 bridgehead atoms. The van der Waals surface area contributed by atoms with E-state index >= 15 is 0 Å². The van der Waals surface area contributed by atoms with Gasteiger partial charge in [-0.15, -0.1) is 0 Å². The van der Waals surface area contributed by atoms with Gasteiger partial charge in [0.2, 0.25) is 5.78 Å². The van der Waals surface area contributed by atoms with Crippen molar-refractivity contribution < 1.29 is 9.53 Å². The zero-order valence-corrected chi connectivity index (χ0v) is 14.6. The molecule has 0 N–H and O–H groups in total. The maximum atomic E-state index is 12.1. The third-order valence-electron chi connectivity index (χ3n) is 3.92. The average Bonchev–Trinajstić information content (AvgIpc) is 2.70. The lowest BCUT2D eigenvalue weighted by atomic mass is 10.0. The van der Waals surface area contributed by atoms with Gasteiger partial charge in [0.15, 0.2) is 0 Å². The van der Waals surface area contributed by atoms with Gasteiger partial charge in [0.25, 0.3) is 0 Å². The third kappa shape index (κ3) is 4.32. The molecule has 2 nitrogen and oxygen atoms in total. The van der Waals surface area contributed by atoms with Crippen molar-refractivity contribution in [3.8, 4) is 29.4 Å². The lowest BCUT2D eigenvalue weighted by Crippen LogP contribution is -1.94. The van der Waals surface area contributed by atoms with E-state index in [0.717, 1.165) is 21.9 Å². The highest BCUT2D eigenvalue weighted by atomic mass is 16.5. The summed E-state index contributed by atoms with van der Waals surface area (Å²) in [5, 5.41) is 2.05. The van der Waals surface area contributed by atoms with Crippen molar-refractivity contribution in [2.24, 2.45) is 0 Å². The molecule has 0 aliphatic heterocycles. The minimum Gasteiger partial charge on any atom is -0.495 e. The van der Waals surface area contributed by atoms with E-state index < -0.39 is 0 Å². The van der Waals surface area contributed by atoms with Gasteiger partial charge in [-0.25, -0.2) is 0 Å². The minimum atomic E-state index is -0.123. The number of Topliss-reactive ketones (excluding diaryl/α,β-unsaturated/α-hetero) is 1. The van der Waals surface area contributed by atoms with E-state index in [1.807, 2.05) is 66.7 Å². The van der Waals surface area contributed by atoms with Gasteiger partial charge >= 0.3 is 0 Å². The highest BCUT2D eigenvalue weighted by molar-refractivity contribution is 5.98. The molecule has 26 heavy (non-hydrogen) atoms. The Kier molecular flexibility index (Phi) is 5.71. The van der Waals surface area contributed by atoms with E-state index in [-0.39, 0.29) is 5.78 Å². The molecule has 0 saturated carbocycles. The van der Waals surface area contributed by atoms with Crippen molar-refractivity contribution in [1.82, 2.24) is 0 Å². The van der Waals surface area contributed by atoms with Crippen LogP contribution in [0, 0.1) is 23.7 Å². The van der Waals surface area contributed by atoms with Crippen LogP contribution in [0.25, 0.3) is 10.8 Å². The molecule has 3 aromatic carbocycles. The van der Waals surface area contributed by atoms with Gasteiger partial charge in [0.05, 0.1) is 12.7 Å². The second-order valence-electron chi connectivity index (χ2n) is 5.70. The second kappa shape index (κ2) is 8.56. The zero-order valence-electron chi connectivity index (χ0n) is 14.6. The average molecular weight is 338 g/mol. The molecule has 0 saturated heterocycles. The number of hydrogen-bond donors (Lipinski definition) is 0. The maximum Gasteiger partial charge on any atom is 0.206 e. The summed E-state index contributed by atoms with van der Waals surface area (Å²) in [4.78, 5) is 12.1. The van der Waals surface area contributed by atoms with Gasteiger partial charge < -0.3 is 4.74 Å². The van der Waals surface area contributed by atoms with Crippen LogP contribution < -0.4 is 4.74 Å². The topological polar surface area (TPSA) is 26.3 Å². The number of benzene rings is 3. The van der Waals surface area contributed by atoms with Gasteiger partial charge in [0, 0.05) is 23.8 Å². The van der Waals surface area contributed by atoms with Crippen LogP contribution in [0.2, 0.25) is 0 Å². The van der Waals surface area contributed by atoms with Crippen LogP contribution in [-0.2, 0) is 4.79 Å². The van der Waals surface area contributed by atoms with E-state index in [9.17, 15) is 4.79 Å². The van der Waals surface area contributed by atoms with Crippen LogP contribution in [0.4, 0.5) is 0 Å². The number of hydrogen-bond acceptors (Lipinski definition) is 2. The second-order valence-corrected chi connectivity index (χ2v) is 5.70. The number of carbonyl (C=O) groups excluding carboxylic acids is 1. The van der Waals surface area contributed by atoms with E-state index in [1.54, 1.807) is 7.11 Å². The van der Waals surface area contributed by atoms with E-state index in [4.69, 9.17) is 4.74 Å². The fourth-order valence-corrected chi connectivity index (χ4v) is 2.61. The Hall–Kier alpha value is -3.49. The van der Waals surface area contributed by atoms with Crippen LogP contribution in [-0.4, -0.2) is 12.9 Å². The number of fused-ring (bicyclic) bond motifs is 1. The van der Waals surface area contributed by atoms with Gasteiger partial charge in [0.1, 0.15) is 5.75 Å². The summed E-state index contributed by atoms with van der Waals surface area (Å²) in [5.41, 5.74) is 1.70. The van der Waals surface area contributed by atoms with Crippen LogP contribution in [0.15, 0.2) is 66.7 Å². The lowest BCUT2D eigenvalue weighted by molar-refractivity contribution is -0.113. The minimum absolute atomic E-state index is 0.123. The Morgan fingerprint density at radius 3 is 2.50 bits per heavy atom. The highest BCUT2D eigenvalue weighted by Gasteiger charge is 2.06. The molecule has 0 spiro atoms. The summed E-state index contributed by atoms with van der Waals surface area (Å²) < 4.78 is 5.40. The van der Waals surface area contributed by atoms with Crippen molar-refractivity contribution in [3.05, 3.63) is 77.9 Å². The molecule has 0 aromatic heterocycles. The first-order valence-corrected chi connectivity index (χ1v) is 8.42. The van der Waals surface area contributed by atoms with Crippen LogP contribution in [0.3, 0.4) is 0 Å². The SMILES string of the molecule is COc1ccc2ccccc2c1C#CC(=O)CCC#Cc1ccccc1. The fraction of sp³-hybridized carbons (Fsp3) is 0.125. The van der Waals surface area contributed by atoms with Gasteiger partial charge in [-0.05, 0) is 29.5 Å². The largest absolute Gasteiger partial charge is 0.495 e. The van der Waals surface area contributed by atoms with Crippen molar-refractivity contribution in [2.75, 3.05) is 7.11 Å². The molecule has 0 amide bonds. The van der Waals surface area contributed by atoms with E-state index in [2.05, 4.69) is 23.7 Å². The molecule has 126 valence electrons. The normalized spacial score (nSPS) is 9.58. The van der Waals surface area contributed by atoms with E-state index in [1.165, 1.54) is 0 Å². The molecule has 3 rings (SSSR count). The molecule has 3 aromatic rings. The molecule has 0 heterocycles.